The third-order valence-corrected chi connectivity index (χ3v) is 3.03. The summed E-state index contributed by atoms with van der Waals surface area (Å²) in [6, 6.07) is 0. The highest BCUT2D eigenvalue weighted by Gasteiger charge is 2.18. The Morgan fingerprint density at radius 2 is 1.55 bits per heavy atom. The van der Waals surface area contributed by atoms with E-state index >= 15 is 0 Å². The molecule has 0 saturated heterocycles. The second-order valence-electron chi connectivity index (χ2n) is 3.72. The Balaban J connectivity index is 3.92. The van der Waals surface area contributed by atoms with Crippen molar-refractivity contribution >= 4 is 0 Å². The molecule has 3 atom stereocenters. The molecule has 0 bridgehead atoms. The first-order chi connectivity index (χ1) is 5.17. The SMILES string of the molecule is [CH2]CC(C)C(CC)C(C)CC. The van der Waals surface area contributed by atoms with Crippen molar-refractivity contribution < 1.29 is 0 Å². The summed E-state index contributed by atoms with van der Waals surface area (Å²) in [7, 11) is 0. The van der Waals surface area contributed by atoms with Gasteiger partial charge in [-0.25, -0.2) is 0 Å². The van der Waals surface area contributed by atoms with Crippen LogP contribution in [0.3, 0.4) is 0 Å². The van der Waals surface area contributed by atoms with Gasteiger partial charge in [-0.2, -0.15) is 0 Å². The molecule has 0 aliphatic carbocycles. The van der Waals surface area contributed by atoms with Gasteiger partial charge in [0, 0.05) is 0 Å². The fraction of sp³-hybridized carbons (Fsp3) is 0.909. The Kier molecular flexibility index (Phi) is 5.62. The van der Waals surface area contributed by atoms with Gasteiger partial charge in [0.1, 0.15) is 0 Å². The third-order valence-electron chi connectivity index (χ3n) is 3.03. The van der Waals surface area contributed by atoms with E-state index in [0.29, 0.717) is 0 Å². The van der Waals surface area contributed by atoms with Crippen LogP contribution in [-0.4, -0.2) is 0 Å². The Bertz CT molecular complexity index is 76.0. The van der Waals surface area contributed by atoms with Crippen LogP contribution in [0, 0.1) is 24.7 Å². The molecule has 0 amide bonds. The summed E-state index contributed by atoms with van der Waals surface area (Å²) < 4.78 is 0. The van der Waals surface area contributed by atoms with E-state index in [-0.39, 0.29) is 0 Å². The van der Waals surface area contributed by atoms with Crippen molar-refractivity contribution in [3.8, 4) is 0 Å². The van der Waals surface area contributed by atoms with Crippen molar-refractivity contribution in [2.75, 3.05) is 0 Å². The molecule has 0 heterocycles. The maximum atomic E-state index is 3.97. The van der Waals surface area contributed by atoms with Gasteiger partial charge >= 0.3 is 0 Å². The predicted molar refractivity (Wildman–Crippen MR) is 52.4 cm³/mol. The molecule has 0 saturated carbocycles. The summed E-state index contributed by atoms with van der Waals surface area (Å²) in [4.78, 5) is 0. The number of hydrogen-bond donors (Lipinski definition) is 0. The Morgan fingerprint density at radius 3 is 1.82 bits per heavy atom. The van der Waals surface area contributed by atoms with E-state index in [1.54, 1.807) is 0 Å². The zero-order valence-electron chi connectivity index (χ0n) is 8.56. The second kappa shape index (κ2) is 5.62. The molecule has 1 radical (unpaired) electrons. The van der Waals surface area contributed by atoms with E-state index in [9.17, 15) is 0 Å². The number of rotatable bonds is 5. The maximum absolute atomic E-state index is 3.97. The Labute approximate surface area is 72.4 Å². The molecular weight excluding hydrogens is 132 g/mol. The first kappa shape index (κ1) is 11.0. The quantitative estimate of drug-likeness (QED) is 0.564. The molecule has 0 aliphatic heterocycles. The summed E-state index contributed by atoms with van der Waals surface area (Å²) in [5.41, 5.74) is 0. The van der Waals surface area contributed by atoms with Crippen LogP contribution < -0.4 is 0 Å². The van der Waals surface area contributed by atoms with Gasteiger partial charge in [-0.1, -0.05) is 53.9 Å². The minimum atomic E-state index is 0.801. The minimum Gasteiger partial charge on any atom is -0.0651 e. The van der Waals surface area contributed by atoms with E-state index in [2.05, 4.69) is 34.6 Å². The normalized spacial score (nSPS) is 19.4. The molecule has 11 heavy (non-hydrogen) atoms. The molecule has 0 spiro atoms. The van der Waals surface area contributed by atoms with Crippen molar-refractivity contribution in [2.45, 2.75) is 47.0 Å². The molecule has 0 fully saturated rings. The van der Waals surface area contributed by atoms with Gasteiger partial charge in [-0.3, -0.25) is 0 Å². The molecule has 0 aromatic rings. The van der Waals surface area contributed by atoms with Crippen LogP contribution in [0.25, 0.3) is 0 Å². The summed E-state index contributed by atoms with van der Waals surface area (Å²) >= 11 is 0. The highest BCUT2D eigenvalue weighted by Crippen LogP contribution is 2.28. The van der Waals surface area contributed by atoms with E-state index in [4.69, 9.17) is 0 Å². The lowest BCUT2D eigenvalue weighted by molar-refractivity contribution is 0.242. The predicted octanol–water partition coefficient (Wildman–Crippen LogP) is 3.92. The van der Waals surface area contributed by atoms with Crippen LogP contribution in [0.4, 0.5) is 0 Å². The topological polar surface area (TPSA) is 0 Å². The Hall–Kier alpha value is 0. The maximum Gasteiger partial charge on any atom is -0.0365 e. The molecule has 0 aromatic carbocycles. The van der Waals surface area contributed by atoms with Crippen LogP contribution in [0.2, 0.25) is 0 Å². The average molecular weight is 155 g/mol. The fourth-order valence-electron chi connectivity index (χ4n) is 1.88. The summed E-state index contributed by atoms with van der Waals surface area (Å²) in [6.45, 7) is 13.2. The average Bonchev–Trinajstić information content (AvgIpc) is 2.05. The monoisotopic (exact) mass is 155 g/mol. The number of hydrogen-bond acceptors (Lipinski definition) is 0. The van der Waals surface area contributed by atoms with E-state index < -0.39 is 0 Å². The van der Waals surface area contributed by atoms with Gasteiger partial charge in [0.25, 0.3) is 0 Å². The van der Waals surface area contributed by atoms with Gasteiger partial charge in [0.2, 0.25) is 0 Å². The van der Waals surface area contributed by atoms with Crippen LogP contribution >= 0.6 is 0 Å². The van der Waals surface area contributed by atoms with E-state index in [1.807, 2.05) is 0 Å². The molecule has 3 unspecified atom stereocenters. The highest BCUT2D eigenvalue weighted by molar-refractivity contribution is 4.70. The van der Waals surface area contributed by atoms with Gasteiger partial charge in [0.05, 0.1) is 0 Å². The summed E-state index contributed by atoms with van der Waals surface area (Å²) in [5.74, 6) is 2.56. The van der Waals surface area contributed by atoms with E-state index in [0.717, 1.165) is 24.2 Å². The zero-order chi connectivity index (χ0) is 8.85. The molecule has 0 rings (SSSR count). The third kappa shape index (κ3) is 3.27. The van der Waals surface area contributed by atoms with Crippen molar-refractivity contribution in [3.63, 3.8) is 0 Å². The van der Waals surface area contributed by atoms with Crippen LogP contribution in [0.5, 0.6) is 0 Å². The van der Waals surface area contributed by atoms with Crippen molar-refractivity contribution in [2.24, 2.45) is 17.8 Å². The summed E-state index contributed by atoms with van der Waals surface area (Å²) in [6.07, 6.45) is 3.71. The molecule has 0 N–H and O–H groups in total. The standard InChI is InChI=1S/C11H23/c1-6-9(4)11(8-3)10(5)7-2/h9-11H,1,6-8H2,2-5H3. The van der Waals surface area contributed by atoms with Gasteiger partial charge in [0.15, 0.2) is 0 Å². The van der Waals surface area contributed by atoms with Gasteiger partial charge in [-0.15, -0.1) is 0 Å². The largest absolute Gasteiger partial charge is 0.0651 e. The second-order valence-corrected chi connectivity index (χ2v) is 3.72. The molecule has 0 heteroatoms. The molecule has 0 aliphatic rings. The molecule has 67 valence electrons. The molecule has 0 nitrogen and oxygen atoms in total. The van der Waals surface area contributed by atoms with E-state index in [1.165, 1.54) is 12.8 Å². The van der Waals surface area contributed by atoms with Crippen LogP contribution in [0.15, 0.2) is 0 Å². The summed E-state index contributed by atoms with van der Waals surface area (Å²) in [5, 5.41) is 0. The molecular formula is C11H23. The van der Waals surface area contributed by atoms with Crippen molar-refractivity contribution in [1.82, 2.24) is 0 Å². The first-order valence-electron chi connectivity index (χ1n) is 4.96. The fourth-order valence-corrected chi connectivity index (χ4v) is 1.88. The first-order valence-corrected chi connectivity index (χ1v) is 4.96. The lowest BCUT2D eigenvalue weighted by Crippen LogP contribution is -2.18. The van der Waals surface area contributed by atoms with Crippen LogP contribution in [-0.2, 0) is 0 Å². The zero-order valence-corrected chi connectivity index (χ0v) is 8.56. The molecule has 0 aromatic heterocycles. The Morgan fingerprint density at radius 1 is 1.00 bits per heavy atom. The lowest BCUT2D eigenvalue weighted by atomic mass is 9.79. The highest BCUT2D eigenvalue weighted by atomic mass is 14.2. The lowest BCUT2D eigenvalue weighted by Gasteiger charge is -2.27. The van der Waals surface area contributed by atoms with Crippen molar-refractivity contribution in [1.29, 1.82) is 0 Å². The van der Waals surface area contributed by atoms with Gasteiger partial charge in [-0.05, 0) is 17.8 Å². The smallest absolute Gasteiger partial charge is 0.0365 e. The van der Waals surface area contributed by atoms with Gasteiger partial charge < -0.3 is 0 Å². The van der Waals surface area contributed by atoms with Crippen LogP contribution in [0.1, 0.15) is 47.0 Å². The van der Waals surface area contributed by atoms with Crippen molar-refractivity contribution in [3.05, 3.63) is 6.92 Å². The minimum absolute atomic E-state index is 0.801.